The summed E-state index contributed by atoms with van der Waals surface area (Å²) in [5, 5.41) is 11.3. The number of benzene rings is 2. The number of aliphatic hydroxyl groups is 1. The number of pyridine rings is 1. The van der Waals surface area contributed by atoms with Crippen molar-refractivity contribution < 1.29 is 19.4 Å². The van der Waals surface area contributed by atoms with Crippen LogP contribution in [0.1, 0.15) is 49.1 Å². The van der Waals surface area contributed by atoms with Crippen molar-refractivity contribution in [2.75, 3.05) is 6.61 Å². The fourth-order valence-corrected chi connectivity index (χ4v) is 4.26. The number of hydrogen-bond donors (Lipinski definition) is 1. The van der Waals surface area contributed by atoms with Crippen molar-refractivity contribution >= 4 is 17.4 Å². The molecule has 2 aromatic carbocycles. The fraction of sp³-hybridized carbons (Fsp3) is 0.233. The lowest BCUT2D eigenvalue weighted by atomic mass is 9.85. The zero-order valence-electron chi connectivity index (χ0n) is 20.8. The predicted octanol–water partition coefficient (Wildman–Crippen LogP) is 5.57. The molecule has 1 amide bonds. The molecule has 2 heterocycles. The van der Waals surface area contributed by atoms with Crippen molar-refractivity contribution in [2.24, 2.45) is 0 Å². The summed E-state index contributed by atoms with van der Waals surface area (Å²) in [7, 11) is 0. The Hall–Kier alpha value is -4.19. The van der Waals surface area contributed by atoms with E-state index in [1.807, 2.05) is 24.3 Å². The van der Waals surface area contributed by atoms with Gasteiger partial charge in [-0.1, -0.05) is 57.7 Å². The highest BCUT2D eigenvalue weighted by atomic mass is 16.5. The molecule has 1 aromatic heterocycles. The van der Waals surface area contributed by atoms with E-state index in [1.54, 1.807) is 54.9 Å². The average molecular weight is 483 g/mol. The van der Waals surface area contributed by atoms with Gasteiger partial charge in [-0.25, -0.2) is 0 Å². The standard InChI is InChI=1S/C30H30N2O4/c1-5-18-36-24-12-8-22(9-13-24)27(33)25-26(21-6-10-23(11-7-21)30(2,3)4)32(29(35)28(25)34)19-20-14-16-31-17-15-20/h5-17,26,33H,1,18-19H2,2-4H3/t26-/m0/s1. The van der Waals surface area contributed by atoms with Gasteiger partial charge in [-0.3, -0.25) is 14.6 Å². The molecule has 184 valence electrons. The maximum atomic E-state index is 13.3. The molecule has 0 aliphatic carbocycles. The van der Waals surface area contributed by atoms with Gasteiger partial charge in [-0.2, -0.15) is 0 Å². The van der Waals surface area contributed by atoms with Crippen molar-refractivity contribution in [1.29, 1.82) is 0 Å². The van der Waals surface area contributed by atoms with Crippen LogP contribution in [0.25, 0.3) is 5.76 Å². The summed E-state index contributed by atoms with van der Waals surface area (Å²) in [6, 6.07) is 17.5. The predicted molar refractivity (Wildman–Crippen MR) is 139 cm³/mol. The second-order valence-electron chi connectivity index (χ2n) is 9.78. The number of likely N-dealkylation sites (tertiary alicyclic amines) is 1. The average Bonchev–Trinajstić information content (AvgIpc) is 3.12. The van der Waals surface area contributed by atoms with E-state index in [2.05, 4.69) is 32.3 Å². The molecular weight excluding hydrogens is 452 g/mol. The maximum Gasteiger partial charge on any atom is 0.295 e. The fourth-order valence-electron chi connectivity index (χ4n) is 4.26. The largest absolute Gasteiger partial charge is 0.507 e. The number of aromatic nitrogens is 1. The molecule has 1 fully saturated rings. The summed E-state index contributed by atoms with van der Waals surface area (Å²) in [6.45, 7) is 10.6. The third-order valence-electron chi connectivity index (χ3n) is 6.23. The molecular formula is C30H30N2O4. The first-order valence-corrected chi connectivity index (χ1v) is 11.8. The molecule has 1 saturated heterocycles. The van der Waals surface area contributed by atoms with Crippen molar-refractivity contribution in [1.82, 2.24) is 9.88 Å². The van der Waals surface area contributed by atoms with E-state index in [1.165, 1.54) is 4.90 Å². The lowest BCUT2D eigenvalue weighted by Gasteiger charge is -2.26. The molecule has 3 aromatic rings. The van der Waals surface area contributed by atoms with E-state index < -0.39 is 17.7 Å². The number of ketones is 1. The highest BCUT2D eigenvalue weighted by Gasteiger charge is 2.46. The molecule has 1 aliphatic rings. The number of hydrogen-bond acceptors (Lipinski definition) is 5. The van der Waals surface area contributed by atoms with Crippen LogP contribution in [0.3, 0.4) is 0 Å². The van der Waals surface area contributed by atoms with Crippen LogP contribution in [0.2, 0.25) is 0 Å². The number of rotatable bonds is 7. The quantitative estimate of drug-likeness (QED) is 0.206. The molecule has 0 spiro atoms. The molecule has 0 bridgehead atoms. The number of carbonyl (C=O) groups is 2. The monoisotopic (exact) mass is 482 g/mol. The number of amides is 1. The van der Waals surface area contributed by atoms with E-state index in [-0.39, 0.29) is 23.3 Å². The van der Waals surface area contributed by atoms with Gasteiger partial charge in [-0.15, -0.1) is 0 Å². The minimum absolute atomic E-state index is 0.0488. The van der Waals surface area contributed by atoms with E-state index >= 15 is 0 Å². The number of nitrogens with zero attached hydrogens (tertiary/aromatic N) is 2. The highest BCUT2D eigenvalue weighted by Crippen LogP contribution is 2.41. The van der Waals surface area contributed by atoms with Crippen LogP contribution in [0, 0.1) is 0 Å². The first kappa shape index (κ1) is 24.9. The third kappa shape index (κ3) is 5.08. The highest BCUT2D eigenvalue weighted by molar-refractivity contribution is 6.46. The molecule has 6 nitrogen and oxygen atoms in total. The molecule has 1 aliphatic heterocycles. The van der Waals surface area contributed by atoms with Gasteiger partial charge in [0.1, 0.15) is 18.1 Å². The summed E-state index contributed by atoms with van der Waals surface area (Å²) in [5.41, 5.74) is 3.17. The topological polar surface area (TPSA) is 79.7 Å². The first-order chi connectivity index (χ1) is 17.2. The Morgan fingerprint density at radius 2 is 1.67 bits per heavy atom. The zero-order chi connectivity index (χ0) is 25.9. The molecule has 1 atom stereocenters. The van der Waals surface area contributed by atoms with Gasteiger partial charge in [0.2, 0.25) is 0 Å². The molecule has 6 heteroatoms. The summed E-state index contributed by atoms with van der Waals surface area (Å²) >= 11 is 0. The van der Waals surface area contributed by atoms with Gasteiger partial charge < -0.3 is 14.7 Å². The number of aliphatic hydroxyl groups excluding tert-OH is 1. The summed E-state index contributed by atoms with van der Waals surface area (Å²) < 4.78 is 5.52. The Bertz CT molecular complexity index is 1290. The summed E-state index contributed by atoms with van der Waals surface area (Å²) in [5.74, 6) is -0.965. The van der Waals surface area contributed by atoms with Crippen LogP contribution < -0.4 is 4.74 Å². The second-order valence-corrected chi connectivity index (χ2v) is 9.78. The van der Waals surface area contributed by atoms with Crippen LogP contribution in [0.15, 0.2) is 91.3 Å². The van der Waals surface area contributed by atoms with Crippen molar-refractivity contribution in [3.8, 4) is 5.75 Å². The minimum Gasteiger partial charge on any atom is -0.507 e. The third-order valence-corrected chi connectivity index (χ3v) is 6.23. The first-order valence-electron chi connectivity index (χ1n) is 11.8. The lowest BCUT2D eigenvalue weighted by molar-refractivity contribution is -0.140. The second kappa shape index (κ2) is 10.2. The van der Waals surface area contributed by atoms with Crippen LogP contribution in [-0.2, 0) is 21.5 Å². The molecule has 0 radical (unpaired) electrons. The van der Waals surface area contributed by atoms with E-state index in [0.29, 0.717) is 17.9 Å². The molecule has 4 rings (SSSR count). The van der Waals surface area contributed by atoms with Gasteiger partial charge in [0, 0.05) is 24.5 Å². The van der Waals surface area contributed by atoms with Crippen LogP contribution in [-0.4, -0.2) is 33.3 Å². The van der Waals surface area contributed by atoms with Gasteiger partial charge in [0.15, 0.2) is 0 Å². The van der Waals surface area contributed by atoms with Crippen LogP contribution >= 0.6 is 0 Å². The van der Waals surface area contributed by atoms with Crippen molar-refractivity contribution in [3.63, 3.8) is 0 Å². The maximum absolute atomic E-state index is 13.3. The Kier molecular flexibility index (Phi) is 7.06. The number of ether oxygens (including phenoxy) is 1. The van der Waals surface area contributed by atoms with Gasteiger partial charge in [0.25, 0.3) is 11.7 Å². The molecule has 36 heavy (non-hydrogen) atoms. The molecule has 0 saturated carbocycles. The van der Waals surface area contributed by atoms with E-state index in [4.69, 9.17) is 4.74 Å². The van der Waals surface area contributed by atoms with Gasteiger partial charge in [0.05, 0.1) is 11.6 Å². The SMILES string of the molecule is C=CCOc1ccc(C(O)=C2C(=O)C(=O)N(Cc3ccncc3)[C@H]2c2ccc(C(C)(C)C)cc2)cc1. The van der Waals surface area contributed by atoms with Crippen LogP contribution in [0.4, 0.5) is 0 Å². The number of Topliss-reactive ketones (excluding diaryl/α,β-unsaturated/α-hetero) is 1. The summed E-state index contributed by atoms with van der Waals surface area (Å²) in [6.07, 6.45) is 4.94. The van der Waals surface area contributed by atoms with E-state index in [9.17, 15) is 14.7 Å². The summed E-state index contributed by atoms with van der Waals surface area (Å²) in [4.78, 5) is 32.1. The lowest BCUT2D eigenvalue weighted by Crippen LogP contribution is -2.29. The van der Waals surface area contributed by atoms with Gasteiger partial charge >= 0.3 is 0 Å². The van der Waals surface area contributed by atoms with Gasteiger partial charge in [-0.05, 0) is 58.5 Å². The van der Waals surface area contributed by atoms with Crippen molar-refractivity contribution in [3.05, 3.63) is 114 Å². The Labute approximate surface area is 211 Å². The van der Waals surface area contributed by atoms with E-state index in [0.717, 1.165) is 16.7 Å². The minimum atomic E-state index is -0.733. The normalized spacial score (nSPS) is 17.3. The zero-order valence-corrected chi connectivity index (χ0v) is 20.8. The number of carbonyl (C=O) groups excluding carboxylic acids is 2. The Morgan fingerprint density at radius 1 is 1.03 bits per heavy atom. The van der Waals surface area contributed by atoms with Crippen LogP contribution in [0.5, 0.6) is 5.75 Å². The van der Waals surface area contributed by atoms with Crippen molar-refractivity contribution in [2.45, 2.75) is 38.8 Å². The molecule has 0 unspecified atom stereocenters. The Balaban J connectivity index is 1.80. The Morgan fingerprint density at radius 3 is 2.25 bits per heavy atom. The molecule has 1 N–H and O–H groups in total. The smallest absolute Gasteiger partial charge is 0.295 e.